The van der Waals surface area contributed by atoms with Gasteiger partial charge in [-0.15, -0.1) is 0 Å². The quantitative estimate of drug-likeness (QED) is 0.729. The molecule has 11 heteroatoms. The number of amides is 2. The van der Waals surface area contributed by atoms with E-state index >= 15 is 0 Å². The van der Waals surface area contributed by atoms with Crippen LogP contribution >= 0.6 is 0 Å². The highest BCUT2D eigenvalue weighted by atomic mass is 32.2. The Morgan fingerprint density at radius 1 is 1.03 bits per heavy atom. The monoisotopic (exact) mass is 461 g/mol. The molecule has 1 unspecified atom stereocenters. The van der Waals surface area contributed by atoms with Crippen LogP contribution in [-0.2, 0) is 25.8 Å². The minimum atomic E-state index is -4.54. The van der Waals surface area contributed by atoms with E-state index in [4.69, 9.17) is 0 Å². The van der Waals surface area contributed by atoms with Gasteiger partial charge in [-0.05, 0) is 43.0 Å². The molecule has 1 atom stereocenters. The van der Waals surface area contributed by atoms with Crippen LogP contribution in [0.3, 0.4) is 0 Å². The molecule has 172 valence electrons. The molecular formula is C20H26F3N3O4S. The van der Waals surface area contributed by atoms with Crippen LogP contribution in [0.5, 0.6) is 0 Å². The third-order valence-corrected chi connectivity index (χ3v) is 7.78. The van der Waals surface area contributed by atoms with Crippen molar-refractivity contribution in [3.63, 3.8) is 0 Å². The number of piperazine rings is 1. The topological polar surface area (TPSA) is 86.8 Å². The van der Waals surface area contributed by atoms with Crippen molar-refractivity contribution in [3.8, 4) is 0 Å². The second-order valence-corrected chi connectivity index (χ2v) is 9.91. The van der Waals surface area contributed by atoms with Crippen LogP contribution in [0.15, 0.2) is 29.2 Å². The molecule has 1 aromatic rings. The number of sulfonamides is 1. The normalized spacial score (nSPS) is 19.9. The van der Waals surface area contributed by atoms with Crippen molar-refractivity contribution in [2.24, 2.45) is 5.92 Å². The summed E-state index contributed by atoms with van der Waals surface area (Å²) in [5, 5.41) is 2.75. The molecule has 1 saturated carbocycles. The van der Waals surface area contributed by atoms with Gasteiger partial charge in [0.15, 0.2) is 0 Å². The van der Waals surface area contributed by atoms with E-state index in [0.717, 1.165) is 49.9 Å². The first kappa shape index (κ1) is 23.5. The van der Waals surface area contributed by atoms with Gasteiger partial charge in [0.05, 0.1) is 10.5 Å². The first-order valence-corrected chi connectivity index (χ1v) is 11.7. The van der Waals surface area contributed by atoms with Crippen molar-refractivity contribution < 1.29 is 31.2 Å². The van der Waals surface area contributed by atoms with Gasteiger partial charge in [-0.3, -0.25) is 9.59 Å². The summed E-state index contributed by atoms with van der Waals surface area (Å²) in [6, 6.07) is 2.77. The van der Waals surface area contributed by atoms with E-state index in [1.165, 1.54) is 11.2 Å². The fourth-order valence-electron chi connectivity index (χ4n) is 4.20. The Labute approximate surface area is 179 Å². The Balaban J connectivity index is 1.66. The van der Waals surface area contributed by atoms with E-state index in [2.05, 4.69) is 5.32 Å². The lowest BCUT2D eigenvalue weighted by atomic mass is 9.96. The van der Waals surface area contributed by atoms with Gasteiger partial charge in [0.25, 0.3) is 0 Å². The van der Waals surface area contributed by atoms with E-state index in [1.807, 2.05) is 0 Å². The molecule has 2 aliphatic rings. The van der Waals surface area contributed by atoms with Crippen molar-refractivity contribution in [1.29, 1.82) is 0 Å². The van der Waals surface area contributed by atoms with Gasteiger partial charge in [-0.2, -0.15) is 17.5 Å². The van der Waals surface area contributed by atoms with E-state index < -0.39 is 27.8 Å². The van der Waals surface area contributed by atoms with E-state index in [1.54, 1.807) is 4.90 Å². The summed E-state index contributed by atoms with van der Waals surface area (Å²) in [5.41, 5.74) is -0.919. The summed E-state index contributed by atoms with van der Waals surface area (Å²) in [6.45, 7) is 1.74. The van der Waals surface area contributed by atoms with E-state index in [-0.39, 0.29) is 48.8 Å². The fourth-order valence-corrected chi connectivity index (χ4v) is 5.62. The molecule has 1 aliphatic heterocycles. The first-order valence-electron chi connectivity index (χ1n) is 10.2. The van der Waals surface area contributed by atoms with Crippen LogP contribution in [0, 0.1) is 5.92 Å². The molecule has 0 aromatic heterocycles. The standard InChI is InChI=1S/C20H26F3N3O4S/c1-14(27)24-18(15-4-2-3-5-15)19(28)25-10-12-26(13-11-25)31(29,30)17-8-6-16(7-9-17)20(21,22)23/h6-9,15,18H,2-5,10-13H2,1H3,(H,24,27). The number of nitrogens with zero attached hydrogens (tertiary/aromatic N) is 2. The van der Waals surface area contributed by atoms with Crippen molar-refractivity contribution in [3.05, 3.63) is 29.8 Å². The van der Waals surface area contributed by atoms with Gasteiger partial charge in [-0.25, -0.2) is 8.42 Å². The Bertz CT molecular complexity index is 905. The molecule has 0 bridgehead atoms. The highest BCUT2D eigenvalue weighted by Gasteiger charge is 2.37. The molecular weight excluding hydrogens is 435 g/mol. The summed E-state index contributed by atoms with van der Waals surface area (Å²) in [4.78, 5) is 25.9. The molecule has 0 radical (unpaired) electrons. The predicted molar refractivity (Wildman–Crippen MR) is 106 cm³/mol. The average Bonchev–Trinajstić information content (AvgIpc) is 3.25. The zero-order valence-electron chi connectivity index (χ0n) is 17.2. The molecule has 1 aromatic carbocycles. The highest BCUT2D eigenvalue weighted by molar-refractivity contribution is 7.89. The number of rotatable bonds is 5. The summed E-state index contributed by atoms with van der Waals surface area (Å²) in [5.74, 6) is -0.423. The second kappa shape index (κ2) is 9.15. The summed E-state index contributed by atoms with van der Waals surface area (Å²) in [7, 11) is -3.97. The van der Waals surface area contributed by atoms with Gasteiger partial charge in [0.1, 0.15) is 6.04 Å². The third kappa shape index (κ3) is 5.38. The van der Waals surface area contributed by atoms with Crippen molar-refractivity contribution in [2.45, 2.75) is 49.7 Å². The Hall–Kier alpha value is -2.14. The van der Waals surface area contributed by atoms with Crippen molar-refractivity contribution in [1.82, 2.24) is 14.5 Å². The Kier molecular flexibility index (Phi) is 6.95. The Morgan fingerprint density at radius 3 is 2.06 bits per heavy atom. The number of halogens is 3. The van der Waals surface area contributed by atoms with Gasteiger partial charge in [0.2, 0.25) is 21.8 Å². The van der Waals surface area contributed by atoms with Crippen LogP contribution in [0.4, 0.5) is 13.2 Å². The van der Waals surface area contributed by atoms with Crippen LogP contribution in [0.25, 0.3) is 0 Å². The molecule has 1 heterocycles. The van der Waals surface area contributed by atoms with Crippen LogP contribution in [-0.4, -0.2) is 61.7 Å². The summed E-state index contributed by atoms with van der Waals surface area (Å²) < 4.78 is 64.9. The number of benzene rings is 1. The largest absolute Gasteiger partial charge is 0.416 e. The summed E-state index contributed by atoms with van der Waals surface area (Å²) >= 11 is 0. The van der Waals surface area contributed by atoms with Gasteiger partial charge < -0.3 is 10.2 Å². The summed E-state index contributed by atoms with van der Waals surface area (Å²) in [6.07, 6.45) is -0.809. The van der Waals surface area contributed by atoms with Crippen LogP contribution in [0.1, 0.15) is 38.2 Å². The van der Waals surface area contributed by atoms with Crippen molar-refractivity contribution >= 4 is 21.8 Å². The van der Waals surface area contributed by atoms with Gasteiger partial charge >= 0.3 is 6.18 Å². The maximum absolute atomic E-state index is 13.0. The maximum Gasteiger partial charge on any atom is 0.416 e. The van der Waals surface area contributed by atoms with Gasteiger partial charge in [0, 0.05) is 33.1 Å². The lowest BCUT2D eigenvalue weighted by Crippen LogP contribution is -2.57. The number of hydrogen-bond acceptors (Lipinski definition) is 4. The second-order valence-electron chi connectivity index (χ2n) is 7.97. The van der Waals surface area contributed by atoms with E-state index in [0.29, 0.717) is 0 Å². The molecule has 2 fully saturated rings. The molecule has 0 spiro atoms. The SMILES string of the molecule is CC(=O)NC(C(=O)N1CCN(S(=O)(=O)c2ccc(C(F)(F)F)cc2)CC1)C1CCCC1. The number of carbonyl (C=O) groups excluding carboxylic acids is 2. The molecule has 3 rings (SSSR count). The zero-order valence-corrected chi connectivity index (χ0v) is 18.0. The minimum Gasteiger partial charge on any atom is -0.344 e. The maximum atomic E-state index is 13.0. The smallest absolute Gasteiger partial charge is 0.344 e. The zero-order chi connectivity index (χ0) is 22.8. The van der Waals surface area contributed by atoms with Gasteiger partial charge in [-0.1, -0.05) is 12.8 Å². The van der Waals surface area contributed by atoms with Crippen molar-refractivity contribution in [2.75, 3.05) is 26.2 Å². The van der Waals surface area contributed by atoms with E-state index in [9.17, 15) is 31.2 Å². The number of nitrogens with one attached hydrogen (secondary N) is 1. The molecule has 1 aliphatic carbocycles. The molecule has 1 N–H and O–H groups in total. The first-order chi connectivity index (χ1) is 14.5. The Morgan fingerprint density at radius 2 is 1.58 bits per heavy atom. The predicted octanol–water partition coefficient (Wildman–Crippen LogP) is 2.23. The molecule has 7 nitrogen and oxygen atoms in total. The molecule has 1 saturated heterocycles. The number of carbonyl (C=O) groups is 2. The fraction of sp³-hybridized carbons (Fsp3) is 0.600. The third-order valence-electron chi connectivity index (χ3n) is 5.87. The number of hydrogen-bond donors (Lipinski definition) is 1. The lowest BCUT2D eigenvalue weighted by molar-refractivity contribution is -0.138. The number of alkyl halides is 3. The van der Waals surface area contributed by atoms with Crippen LogP contribution < -0.4 is 5.32 Å². The van der Waals surface area contributed by atoms with Crippen LogP contribution in [0.2, 0.25) is 0 Å². The molecule has 31 heavy (non-hydrogen) atoms. The average molecular weight is 462 g/mol. The minimum absolute atomic E-state index is 0.0343. The molecule has 2 amide bonds. The lowest BCUT2D eigenvalue weighted by Gasteiger charge is -2.37. The highest BCUT2D eigenvalue weighted by Crippen LogP contribution is 2.31.